The molecule has 1 N–H and O–H groups in total. The second-order valence-corrected chi connectivity index (χ2v) is 6.85. The van der Waals surface area contributed by atoms with E-state index in [9.17, 15) is 0 Å². The van der Waals surface area contributed by atoms with Gasteiger partial charge in [-0.1, -0.05) is 57.0 Å². The number of aryl methyl sites for hydroxylation is 2. The molecule has 0 radical (unpaired) electrons. The Morgan fingerprint density at radius 1 is 1.29 bits per heavy atom. The normalized spacial score (nSPS) is 18.7. The van der Waals surface area contributed by atoms with Crippen LogP contribution in [0.3, 0.4) is 0 Å². The van der Waals surface area contributed by atoms with Gasteiger partial charge in [-0.2, -0.15) is 5.10 Å². The number of halogens is 1. The summed E-state index contributed by atoms with van der Waals surface area (Å²) in [5.41, 5.74) is 2.21. The van der Waals surface area contributed by atoms with Crippen LogP contribution in [0.15, 0.2) is 0 Å². The first-order valence-corrected chi connectivity index (χ1v) is 8.91. The first-order chi connectivity index (χ1) is 10.2. The van der Waals surface area contributed by atoms with Crippen LogP contribution in [0.1, 0.15) is 63.3 Å². The Bertz CT molecular complexity index is 433. The third-order valence-electron chi connectivity index (χ3n) is 4.94. The van der Waals surface area contributed by atoms with Crippen molar-refractivity contribution in [3.05, 3.63) is 16.4 Å². The molecule has 1 unspecified atom stereocenters. The van der Waals surface area contributed by atoms with Crippen molar-refractivity contribution >= 4 is 11.6 Å². The monoisotopic (exact) mass is 311 g/mol. The van der Waals surface area contributed by atoms with Crippen molar-refractivity contribution < 1.29 is 0 Å². The number of rotatable bonds is 6. The fourth-order valence-electron chi connectivity index (χ4n) is 3.58. The van der Waals surface area contributed by atoms with Crippen molar-refractivity contribution in [2.24, 2.45) is 13.0 Å². The summed E-state index contributed by atoms with van der Waals surface area (Å²) in [6, 6.07) is 0.505. The molecule has 0 spiro atoms. The van der Waals surface area contributed by atoms with Crippen molar-refractivity contribution in [3.8, 4) is 0 Å². The predicted octanol–water partition coefficient (Wildman–Crippen LogP) is 4.13. The van der Waals surface area contributed by atoms with Gasteiger partial charge in [0.25, 0.3) is 0 Å². The lowest BCUT2D eigenvalue weighted by atomic mass is 9.91. The second-order valence-electron chi connectivity index (χ2n) is 6.47. The van der Waals surface area contributed by atoms with Crippen LogP contribution in [0.25, 0.3) is 0 Å². The van der Waals surface area contributed by atoms with Gasteiger partial charge < -0.3 is 5.32 Å². The van der Waals surface area contributed by atoms with Crippen LogP contribution in [-0.2, 0) is 19.9 Å². The summed E-state index contributed by atoms with van der Waals surface area (Å²) in [4.78, 5) is 0. The lowest BCUT2D eigenvalue weighted by molar-refractivity contribution is 0.358. The van der Waals surface area contributed by atoms with Gasteiger partial charge in [-0.15, -0.1) is 0 Å². The lowest BCUT2D eigenvalue weighted by Gasteiger charge is -2.22. The van der Waals surface area contributed by atoms with Crippen molar-refractivity contribution in [1.29, 1.82) is 0 Å². The molecule has 1 atom stereocenters. The Morgan fingerprint density at radius 3 is 2.48 bits per heavy atom. The van der Waals surface area contributed by atoms with E-state index in [1.807, 2.05) is 11.7 Å². The third-order valence-corrected chi connectivity index (χ3v) is 5.38. The summed E-state index contributed by atoms with van der Waals surface area (Å²) in [5.74, 6) is 0.877. The van der Waals surface area contributed by atoms with Crippen molar-refractivity contribution in [3.63, 3.8) is 0 Å². The Morgan fingerprint density at radius 2 is 1.95 bits per heavy atom. The molecule has 0 amide bonds. The highest BCUT2D eigenvalue weighted by atomic mass is 35.5. The molecule has 4 heteroatoms. The average molecular weight is 312 g/mol. The molecule has 0 aliphatic heterocycles. The van der Waals surface area contributed by atoms with Gasteiger partial charge in [-0.05, 0) is 25.8 Å². The minimum absolute atomic E-state index is 0.505. The molecule has 0 saturated heterocycles. The molecule has 120 valence electrons. The predicted molar refractivity (Wildman–Crippen MR) is 90.0 cm³/mol. The Kier molecular flexibility index (Phi) is 6.56. The SMILES string of the molecule is CCc1nn(C)c(CC(CC2CCCCCC2)NC)c1Cl. The van der Waals surface area contributed by atoms with Crippen LogP contribution >= 0.6 is 11.6 Å². The maximum absolute atomic E-state index is 6.49. The van der Waals surface area contributed by atoms with E-state index in [0.717, 1.165) is 29.5 Å². The molecule has 1 heterocycles. The molecule has 1 aliphatic rings. The largest absolute Gasteiger partial charge is 0.317 e. The molecule has 21 heavy (non-hydrogen) atoms. The van der Waals surface area contributed by atoms with Crippen LogP contribution < -0.4 is 5.32 Å². The first kappa shape index (κ1) is 16.8. The van der Waals surface area contributed by atoms with Gasteiger partial charge >= 0.3 is 0 Å². The van der Waals surface area contributed by atoms with Crippen LogP contribution in [0.5, 0.6) is 0 Å². The third kappa shape index (κ3) is 4.46. The van der Waals surface area contributed by atoms with Gasteiger partial charge in [0.1, 0.15) is 0 Å². The summed E-state index contributed by atoms with van der Waals surface area (Å²) < 4.78 is 1.97. The highest BCUT2D eigenvalue weighted by molar-refractivity contribution is 6.31. The van der Waals surface area contributed by atoms with Gasteiger partial charge in [-0.3, -0.25) is 4.68 Å². The van der Waals surface area contributed by atoms with E-state index in [0.29, 0.717) is 6.04 Å². The maximum atomic E-state index is 6.49. The molecule has 0 aromatic carbocycles. The first-order valence-electron chi connectivity index (χ1n) is 8.53. The number of nitrogens with zero attached hydrogens (tertiary/aromatic N) is 2. The number of likely N-dealkylation sites (N-methyl/N-ethyl adjacent to an activating group) is 1. The topological polar surface area (TPSA) is 29.9 Å². The molecule has 1 aliphatic carbocycles. The number of nitrogens with one attached hydrogen (secondary N) is 1. The van der Waals surface area contributed by atoms with E-state index >= 15 is 0 Å². The van der Waals surface area contributed by atoms with E-state index in [-0.39, 0.29) is 0 Å². The van der Waals surface area contributed by atoms with Gasteiger partial charge in [0.15, 0.2) is 0 Å². The zero-order chi connectivity index (χ0) is 15.2. The van der Waals surface area contributed by atoms with E-state index in [4.69, 9.17) is 11.6 Å². The van der Waals surface area contributed by atoms with Crippen LogP contribution in [0.4, 0.5) is 0 Å². The summed E-state index contributed by atoms with van der Waals surface area (Å²) in [5, 5.41) is 8.91. The van der Waals surface area contributed by atoms with Crippen molar-refractivity contribution in [2.75, 3.05) is 7.05 Å². The average Bonchev–Trinajstić information content (AvgIpc) is 2.68. The smallest absolute Gasteiger partial charge is 0.0850 e. The minimum Gasteiger partial charge on any atom is -0.317 e. The van der Waals surface area contributed by atoms with Crippen LogP contribution in [0.2, 0.25) is 5.02 Å². The summed E-state index contributed by atoms with van der Waals surface area (Å²) in [7, 11) is 4.09. The van der Waals surface area contributed by atoms with Gasteiger partial charge in [0.05, 0.1) is 16.4 Å². The highest BCUT2D eigenvalue weighted by Crippen LogP contribution is 2.28. The zero-order valence-corrected chi connectivity index (χ0v) is 14.5. The van der Waals surface area contributed by atoms with Crippen molar-refractivity contribution in [1.82, 2.24) is 15.1 Å². The molecule has 1 saturated carbocycles. The molecule has 1 aromatic heterocycles. The summed E-state index contributed by atoms with van der Waals surface area (Å²) >= 11 is 6.49. The van der Waals surface area contributed by atoms with E-state index in [1.165, 1.54) is 50.6 Å². The molecule has 1 fully saturated rings. The molecule has 0 bridgehead atoms. The molecular formula is C17H30ClN3. The maximum Gasteiger partial charge on any atom is 0.0850 e. The number of aromatic nitrogens is 2. The van der Waals surface area contributed by atoms with E-state index < -0.39 is 0 Å². The zero-order valence-electron chi connectivity index (χ0n) is 13.8. The molecule has 1 aromatic rings. The molecular weight excluding hydrogens is 282 g/mol. The highest BCUT2D eigenvalue weighted by Gasteiger charge is 2.21. The summed E-state index contributed by atoms with van der Waals surface area (Å²) in [6.07, 6.45) is 11.6. The van der Waals surface area contributed by atoms with E-state index in [2.05, 4.69) is 24.4 Å². The van der Waals surface area contributed by atoms with Crippen LogP contribution in [0, 0.1) is 5.92 Å². The number of hydrogen-bond acceptors (Lipinski definition) is 2. The van der Waals surface area contributed by atoms with Gasteiger partial charge in [-0.25, -0.2) is 0 Å². The fourth-order valence-corrected chi connectivity index (χ4v) is 3.95. The van der Waals surface area contributed by atoms with E-state index in [1.54, 1.807) is 0 Å². The quantitative estimate of drug-likeness (QED) is 0.801. The van der Waals surface area contributed by atoms with Crippen molar-refractivity contribution in [2.45, 2.75) is 70.8 Å². The standard InChI is InChI=1S/C17H30ClN3/c1-4-15-17(18)16(21(3)20-15)12-14(19-2)11-13-9-7-5-6-8-10-13/h13-14,19H,4-12H2,1-3H3. The Balaban J connectivity index is 1.99. The molecule has 3 nitrogen and oxygen atoms in total. The lowest BCUT2D eigenvalue weighted by Crippen LogP contribution is -2.31. The molecule has 2 rings (SSSR count). The second kappa shape index (κ2) is 8.19. The Hall–Kier alpha value is -0.540. The summed E-state index contributed by atoms with van der Waals surface area (Å²) in [6.45, 7) is 2.11. The fraction of sp³-hybridized carbons (Fsp3) is 0.824. The van der Waals surface area contributed by atoms with Crippen LogP contribution in [-0.4, -0.2) is 22.9 Å². The number of hydrogen-bond donors (Lipinski definition) is 1. The minimum atomic E-state index is 0.505. The Labute approximate surface area is 134 Å². The van der Waals surface area contributed by atoms with Gasteiger partial charge in [0.2, 0.25) is 0 Å². The van der Waals surface area contributed by atoms with Gasteiger partial charge in [0, 0.05) is 19.5 Å².